The number of rotatable bonds is 4. The zero-order chi connectivity index (χ0) is 13.7. The summed E-state index contributed by atoms with van der Waals surface area (Å²) in [7, 11) is 3.76. The first-order chi connectivity index (χ1) is 8.45. The second-order valence-electron chi connectivity index (χ2n) is 4.97. The first-order valence-electron chi connectivity index (χ1n) is 6.39. The van der Waals surface area contributed by atoms with Gasteiger partial charge in [-0.05, 0) is 19.8 Å². The molecule has 0 saturated carbocycles. The Morgan fingerprint density at radius 2 is 1.95 bits per heavy atom. The molecule has 0 unspecified atom stereocenters. The van der Waals surface area contributed by atoms with Crippen LogP contribution < -0.4 is 10.6 Å². The largest absolute Gasteiger partial charge is 0.356 e. The summed E-state index contributed by atoms with van der Waals surface area (Å²) in [4.78, 5) is 4.21. The van der Waals surface area contributed by atoms with Gasteiger partial charge >= 0.3 is 0 Å². The van der Waals surface area contributed by atoms with Crippen LogP contribution in [0.25, 0.3) is 0 Å². The first-order valence-corrected chi connectivity index (χ1v) is 6.39. The Balaban J connectivity index is 0.00000324. The molecule has 1 rings (SSSR count). The van der Waals surface area contributed by atoms with E-state index in [4.69, 9.17) is 0 Å². The highest BCUT2D eigenvalue weighted by atomic mass is 127. The lowest BCUT2D eigenvalue weighted by molar-refractivity contribution is 0.614. The van der Waals surface area contributed by atoms with Crippen LogP contribution in [0.2, 0.25) is 0 Å². The third-order valence-electron chi connectivity index (χ3n) is 2.99. The second kappa shape index (κ2) is 8.39. The lowest BCUT2D eigenvalue weighted by Crippen LogP contribution is -2.38. The Kier molecular flexibility index (Phi) is 8.05. The van der Waals surface area contributed by atoms with E-state index in [0.29, 0.717) is 5.92 Å². The van der Waals surface area contributed by atoms with E-state index in [1.165, 1.54) is 11.3 Å². The van der Waals surface area contributed by atoms with Crippen molar-refractivity contribution in [3.8, 4) is 0 Å². The van der Waals surface area contributed by atoms with Crippen LogP contribution in [-0.4, -0.2) is 29.3 Å². The zero-order valence-corrected chi connectivity index (χ0v) is 15.1. The minimum Gasteiger partial charge on any atom is -0.356 e. The van der Waals surface area contributed by atoms with Gasteiger partial charge in [0.1, 0.15) is 0 Å². The fraction of sp³-hybridized carbons (Fsp3) is 0.692. The van der Waals surface area contributed by atoms with Gasteiger partial charge in [0.2, 0.25) is 0 Å². The van der Waals surface area contributed by atoms with Crippen LogP contribution in [0.4, 0.5) is 0 Å². The van der Waals surface area contributed by atoms with E-state index in [-0.39, 0.29) is 24.0 Å². The molecule has 1 aromatic heterocycles. The van der Waals surface area contributed by atoms with Crippen LogP contribution in [0, 0.1) is 19.8 Å². The third kappa shape index (κ3) is 5.38. The molecule has 0 atom stereocenters. The normalized spacial score (nSPS) is 11.4. The summed E-state index contributed by atoms with van der Waals surface area (Å²) in [6.45, 7) is 10.1. The molecule has 0 amide bonds. The highest BCUT2D eigenvalue weighted by Gasteiger charge is 2.09. The summed E-state index contributed by atoms with van der Waals surface area (Å²) in [6, 6.07) is 0. The minimum absolute atomic E-state index is 0. The number of hydrogen-bond donors (Lipinski definition) is 2. The number of aromatic nitrogens is 2. The highest BCUT2D eigenvalue weighted by molar-refractivity contribution is 14.0. The fourth-order valence-electron chi connectivity index (χ4n) is 1.77. The Labute approximate surface area is 133 Å². The molecule has 0 aliphatic rings. The van der Waals surface area contributed by atoms with Crippen molar-refractivity contribution in [2.45, 2.75) is 34.2 Å². The van der Waals surface area contributed by atoms with Gasteiger partial charge in [0.05, 0.1) is 5.69 Å². The van der Waals surface area contributed by atoms with Gasteiger partial charge in [-0.1, -0.05) is 13.8 Å². The number of aliphatic imine (C=N–C) groups is 1. The number of guanidine groups is 1. The Bertz CT molecular complexity index is 423. The van der Waals surface area contributed by atoms with Gasteiger partial charge in [-0.2, -0.15) is 5.10 Å². The SMILES string of the molecule is CN=C(NCc1c(C)nn(C)c1C)NCC(C)C.I. The summed E-state index contributed by atoms with van der Waals surface area (Å²) in [5.41, 5.74) is 3.51. The lowest BCUT2D eigenvalue weighted by Gasteiger charge is -2.13. The molecule has 0 bridgehead atoms. The van der Waals surface area contributed by atoms with Crippen molar-refractivity contribution < 1.29 is 0 Å². The van der Waals surface area contributed by atoms with Gasteiger partial charge in [0.15, 0.2) is 5.96 Å². The Hall–Kier alpha value is -0.790. The molecule has 110 valence electrons. The van der Waals surface area contributed by atoms with E-state index in [1.807, 2.05) is 18.7 Å². The van der Waals surface area contributed by atoms with Crippen molar-refractivity contribution in [1.29, 1.82) is 0 Å². The van der Waals surface area contributed by atoms with Crippen LogP contribution >= 0.6 is 24.0 Å². The molecule has 0 fully saturated rings. The average Bonchev–Trinajstić information content (AvgIpc) is 2.54. The van der Waals surface area contributed by atoms with Crippen molar-refractivity contribution in [1.82, 2.24) is 20.4 Å². The van der Waals surface area contributed by atoms with Crippen LogP contribution in [-0.2, 0) is 13.6 Å². The number of nitrogens with one attached hydrogen (secondary N) is 2. The van der Waals surface area contributed by atoms with Gasteiger partial charge in [0.25, 0.3) is 0 Å². The molecule has 6 heteroatoms. The summed E-state index contributed by atoms with van der Waals surface area (Å²) < 4.78 is 1.91. The molecule has 1 aromatic rings. The van der Waals surface area contributed by atoms with Crippen molar-refractivity contribution >= 4 is 29.9 Å². The average molecular weight is 379 g/mol. The van der Waals surface area contributed by atoms with E-state index < -0.39 is 0 Å². The van der Waals surface area contributed by atoms with Crippen molar-refractivity contribution in [3.05, 3.63) is 17.0 Å². The molecule has 0 aromatic carbocycles. The first kappa shape index (κ1) is 18.2. The smallest absolute Gasteiger partial charge is 0.191 e. The van der Waals surface area contributed by atoms with Crippen molar-refractivity contribution in [2.24, 2.45) is 18.0 Å². The maximum Gasteiger partial charge on any atom is 0.191 e. The predicted molar refractivity (Wildman–Crippen MR) is 91.1 cm³/mol. The number of nitrogens with zero attached hydrogens (tertiary/aromatic N) is 3. The van der Waals surface area contributed by atoms with Gasteiger partial charge in [0, 0.05) is 38.4 Å². The molecule has 0 spiro atoms. The molecule has 0 saturated heterocycles. The molecule has 0 aliphatic carbocycles. The maximum absolute atomic E-state index is 4.40. The Morgan fingerprint density at radius 3 is 2.37 bits per heavy atom. The lowest BCUT2D eigenvalue weighted by atomic mass is 10.2. The Morgan fingerprint density at radius 1 is 1.32 bits per heavy atom. The molecular weight excluding hydrogens is 353 g/mol. The van der Waals surface area contributed by atoms with Gasteiger partial charge in [-0.15, -0.1) is 24.0 Å². The standard InChI is InChI=1S/C13H25N5.HI/c1-9(2)7-15-13(14-5)16-8-12-10(3)17-18(6)11(12)4;/h9H,7-8H2,1-6H3,(H2,14,15,16);1H. The van der Waals surface area contributed by atoms with E-state index in [2.05, 4.69) is 41.5 Å². The van der Waals surface area contributed by atoms with E-state index in [9.17, 15) is 0 Å². The van der Waals surface area contributed by atoms with Gasteiger partial charge < -0.3 is 10.6 Å². The van der Waals surface area contributed by atoms with E-state index in [1.54, 1.807) is 7.05 Å². The third-order valence-corrected chi connectivity index (χ3v) is 2.99. The predicted octanol–water partition coefficient (Wildman–Crippen LogP) is 1.98. The quantitative estimate of drug-likeness (QED) is 0.478. The topological polar surface area (TPSA) is 54.2 Å². The second-order valence-corrected chi connectivity index (χ2v) is 4.97. The van der Waals surface area contributed by atoms with Gasteiger partial charge in [-0.25, -0.2) is 0 Å². The minimum atomic E-state index is 0. The highest BCUT2D eigenvalue weighted by Crippen LogP contribution is 2.10. The fourth-order valence-corrected chi connectivity index (χ4v) is 1.77. The van der Waals surface area contributed by atoms with Crippen LogP contribution in [0.1, 0.15) is 30.8 Å². The van der Waals surface area contributed by atoms with E-state index in [0.717, 1.165) is 24.7 Å². The number of hydrogen-bond acceptors (Lipinski definition) is 2. The summed E-state index contributed by atoms with van der Waals surface area (Å²) in [6.07, 6.45) is 0. The molecule has 5 nitrogen and oxygen atoms in total. The number of halogens is 1. The summed E-state index contributed by atoms with van der Waals surface area (Å²) >= 11 is 0. The molecule has 1 heterocycles. The molecule has 0 aliphatic heterocycles. The zero-order valence-electron chi connectivity index (χ0n) is 12.7. The van der Waals surface area contributed by atoms with Crippen molar-refractivity contribution in [2.75, 3.05) is 13.6 Å². The monoisotopic (exact) mass is 379 g/mol. The van der Waals surface area contributed by atoms with Crippen LogP contribution in [0.3, 0.4) is 0 Å². The molecule has 19 heavy (non-hydrogen) atoms. The summed E-state index contributed by atoms with van der Waals surface area (Å²) in [5, 5.41) is 11.0. The molecular formula is C13H26IN5. The number of aryl methyl sites for hydroxylation is 2. The maximum atomic E-state index is 4.40. The van der Waals surface area contributed by atoms with Crippen LogP contribution in [0.15, 0.2) is 4.99 Å². The molecule has 2 N–H and O–H groups in total. The van der Waals surface area contributed by atoms with E-state index >= 15 is 0 Å². The summed E-state index contributed by atoms with van der Waals surface area (Å²) in [5.74, 6) is 1.44. The van der Waals surface area contributed by atoms with Crippen molar-refractivity contribution in [3.63, 3.8) is 0 Å². The molecule has 0 radical (unpaired) electrons. The van der Waals surface area contributed by atoms with Crippen LogP contribution in [0.5, 0.6) is 0 Å². The van der Waals surface area contributed by atoms with Gasteiger partial charge in [-0.3, -0.25) is 9.67 Å².